The Bertz CT molecular complexity index is 931. The molecule has 5 nitrogen and oxygen atoms in total. The van der Waals surface area contributed by atoms with Crippen molar-refractivity contribution in [2.45, 2.75) is 38.0 Å². The first kappa shape index (κ1) is 15.9. The summed E-state index contributed by atoms with van der Waals surface area (Å²) in [5, 5.41) is 8.52. The van der Waals surface area contributed by atoms with E-state index in [1.54, 1.807) is 4.68 Å². The van der Waals surface area contributed by atoms with E-state index in [2.05, 4.69) is 29.1 Å². The summed E-state index contributed by atoms with van der Waals surface area (Å²) >= 11 is 0. The molecule has 4 rings (SSSR count). The van der Waals surface area contributed by atoms with Gasteiger partial charge in [0.15, 0.2) is 0 Å². The summed E-state index contributed by atoms with van der Waals surface area (Å²) in [5.74, 6) is 0.0464. The van der Waals surface area contributed by atoms with E-state index >= 15 is 0 Å². The van der Waals surface area contributed by atoms with E-state index in [0.29, 0.717) is 23.7 Å². The van der Waals surface area contributed by atoms with Gasteiger partial charge in [-0.05, 0) is 29.9 Å². The fraction of sp³-hybridized carbons (Fsp3) is 0.389. The highest BCUT2D eigenvalue weighted by atomic mass is 19.1. The molecule has 0 amide bonds. The lowest BCUT2D eigenvalue weighted by atomic mass is 10.1. The number of nitrogens with zero attached hydrogens (tertiary/aromatic N) is 4. The highest BCUT2D eigenvalue weighted by Gasteiger charge is 2.45. The summed E-state index contributed by atoms with van der Waals surface area (Å²) in [7, 11) is 1.85. The van der Waals surface area contributed by atoms with Crippen molar-refractivity contribution in [3.63, 3.8) is 0 Å². The molecule has 0 N–H and O–H groups in total. The first-order valence-corrected chi connectivity index (χ1v) is 8.26. The highest BCUT2D eigenvalue weighted by Crippen LogP contribution is 2.54. The van der Waals surface area contributed by atoms with Crippen molar-refractivity contribution in [3.05, 3.63) is 53.2 Å². The first-order chi connectivity index (χ1) is 11.9. The third kappa shape index (κ3) is 2.83. The van der Waals surface area contributed by atoms with Gasteiger partial charge in [0, 0.05) is 25.2 Å². The molecule has 1 aliphatic carbocycles. The molecule has 1 saturated carbocycles. The van der Waals surface area contributed by atoms with Crippen molar-refractivity contribution in [1.29, 1.82) is 0 Å². The van der Waals surface area contributed by atoms with Crippen LogP contribution >= 0.6 is 0 Å². The summed E-state index contributed by atoms with van der Waals surface area (Å²) in [5.41, 5.74) is 2.25. The van der Waals surface area contributed by atoms with Crippen molar-refractivity contribution < 1.29 is 13.3 Å². The third-order valence-corrected chi connectivity index (χ3v) is 4.56. The van der Waals surface area contributed by atoms with Crippen LogP contribution in [0.25, 0.3) is 11.4 Å². The van der Waals surface area contributed by atoms with Crippen LogP contribution in [0.3, 0.4) is 0 Å². The second kappa shape index (κ2) is 5.75. The van der Waals surface area contributed by atoms with E-state index in [1.807, 2.05) is 13.2 Å². The number of aromatic nitrogens is 4. The van der Waals surface area contributed by atoms with Crippen molar-refractivity contribution in [3.8, 4) is 11.4 Å². The number of aryl methyl sites for hydroxylation is 1. The van der Waals surface area contributed by atoms with Crippen molar-refractivity contribution in [1.82, 2.24) is 19.9 Å². The smallest absolute Gasteiger partial charge is 0.230 e. The van der Waals surface area contributed by atoms with Gasteiger partial charge in [0.2, 0.25) is 11.7 Å². The van der Waals surface area contributed by atoms with Gasteiger partial charge < -0.3 is 4.52 Å². The molecule has 0 radical (unpaired) electrons. The van der Waals surface area contributed by atoms with Gasteiger partial charge in [-0.3, -0.25) is 4.68 Å². The van der Waals surface area contributed by atoms with Crippen LogP contribution in [0.5, 0.6) is 0 Å². The average Bonchev–Trinajstić information content (AvgIpc) is 3.01. The van der Waals surface area contributed by atoms with Gasteiger partial charge in [0.1, 0.15) is 11.6 Å². The van der Waals surface area contributed by atoms with Crippen LogP contribution in [0.4, 0.5) is 8.78 Å². The minimum atomic E-state index is -0.573. The van der Waals surface area contributed by atoms with Crippen molar-refractivity contribution >= 4 is 0 Å². The molecule has 0 aliphatic heterocycles. The fourth-order valence-corrected chi connectivity index (χ4v) is 3.21. The Morgan fingerprint density at radius 3 is 2.76 bits per heavy atom. The van der Waals surface area contributed by atoms with Gasteiger partial charge in [0.05, 0.1) is 11.3 Å². The average molecular weight is 344 g/mol. The number of rotatable bonds is 4. The van der Waals surface area contributed by atoms with Gasteiger partial charge in [0.25, 0.3) is 0 Å². The number of halogens is 2. The Morgan fingerprint density at radius 2 is 2.04 bits per heavy atom. The molecule has 7 heteroatoms. The standard InChI is InChI=1S/C18H18F2N4O/c1-9(2)16-14(8-24(3)22-16)17-21-18(25-23-17)13-7-12(13)11-5-4-10(19)6-15(11)20/h4-6,8-9,12-13H,7H2,1-3H3/t12-,13+/m0/s1. The Morgan fingerprint density at radius 1 is 1.24 bits per heavy atom. The molecule has 2 aromatic heterocycles. The van der Waals surface area contributed by atoms with Crippen LogP contribution in [0.1, 0.15) is 55.2 Å². The van der Waals surface area contributed by atoms with Crippen LogP contribution < -0.4 is 0 Å². The minimum Gasteiger partial charge on any atom is -0.339 e. The van der Waals surface area contributed by atoms with E-state index < -0.39 is 11.6 Å². The van der Waals surface area contributed by atoms with Gasteiger partial charge in [-0.25, -0.2) is 8.78 Å². The molecule has 0 saturated heterocycles. The molecule has 2 atom stereocenters. The summed E-state index contributed by atoms with van der Waals surface area (Å²) in [6, 6.07) is 3.68. The van der Waals surface area contributed by atoms with E-state index in [0.717, 1.165) is 17.3 Å². The second-order valence-electron chi connectivity index (χ2n) is 6.83. The van der Waals surface area contributed by atoms with Crippen LogP contribution in [0.2, 0.25) is 0 Å². The number of benzene rings is 1. The molecule has 1 aliphatic rings. The monoisotopic (exact) mass is 344 g/mol. The zero-order chi connectivity index (χ0) is 17.7. The molecule has 0 bridgehead atoms. The largest absolute Gasteiger partial charge is 0.339 e. The normalized spacial score (nSPS) is 19.6. The maximum Gasteiger partial charge on any atom is 0.230 e. The van der Waals surface area contributed by atoms with Gasteiger partial charge in [-0.2, -0.15) is 10.1 Å². The van der Waals surface area contributed by atoms with Crippen LogP contribution in [-0.4, -0.2) is 19.9 Å². The van der Waals surface area contributed by atoms with Crippen LogP contribution in [0.15, 0.2) is 28.9 Å². The zero-order valence-electron chi connectivity index (χ0n) is 14.2. The maximum atomic E-state index is 13.9. The predicted molar refractivity (Wildman–Crippen MR) is 87.0 cm³/mol. The summed E-state index contributed by atoms with van der Waals surface area (Å²) in [6.07, 6.45) is 2.59. The topological polar surface area (TPSA) is 56.7 Å². The number of hydrogen-bond donors (Lipinski definition) is 0. The molecule has 2 heterocycles. The van der Waals surface area contributed by atoms with E-state index in [-0.39, 0.29) is 17.8 Å². The van der Waals surface area contributed by atoms with Crippen molar-refractivity contribution in [2.75, 3.05) is 0 Å². The maximum absolute atomic E-state index is 13.9. The molecule has 3 aromatic rings. The number of hydrogen-bond acceptors (Lipinski definition) is 4. The van der Waals surface area contributed by atoms with Crippen LogP contribution in [0, 0.1) is 11.6 Å². The predicted octanol–water partition coefficient (Wildman–Crippen LogP) is 4.14. The Balaban J connectivity index is 1.59. The Labute approximate surface area is 143 Å². The molecular formula is C18H18F2N4O. The lowest BCUT2D eigenvalue weighted by Crippen LogP contribution is -1.94. The zero-order valence-corrected chi connectivity index (χ0v) is 14.2. The molecule has 0 spiro atoms. The molecule has 1 fully saturated rings. The third-order valence-electron chi connectivity index (χ3n) is 4.56. The fourth-order valence-electron chi connectivity index (χ4n) is 3.21. The first-order valence-electron chi connectivity index (χ1n) is 8.26. The summed E-state index contributed by atoms with van der Waals surface area (Å²) in [4.78, 5) is 4.49. The Hall–Kier alpha value is -2.57. The molecular weight excluding hydrogens is 326 g/mol. The molecule has 25 heavy (non-hydrogen) atoms. The van der Waals surface area contributed by atoms with Gasteiger partial charge in [-0.1, -0.05) is 25.1 Å². The molecule has 130 valence electrons. The SMILES string of the molecule is CC(C)c1nn(C)cc1-c1noc([C@@H]2C[C@H]2c2ccc(F)cc2F)n1. The minimum absolute atomic E-state index is 0.0274. The van der Waals surface area contributed by atoms with Crippen LogP contribution in [-0.2, 0) is 7.05 Å². The summed E-state index contributed by atoms with van der Waals surface area (Å²) in [6.45, 7) is 4.11. The molecule has 1 aromatic carbocycles. The molecule has 0 unspecified atom stereocenters. The highest BCUT2D eigenvalue weighted by molar-refractivity contribution is 5.57. The quantitative estimate of drug-likeness (QED) is 0.714. The second-order valence-corrected chi connectivity index (χ2v) is 6.83. The van der Waals surface area contributed by atoms with Gasteiger partial charge in [-0.15, -0.1) is 0 Å². The van der Waals surface area contributed by atoms with Gasteiger partial charge >= 0.3 is 0 Å². The van der Waals surface area contributed by atoms with E-state index in [4.69, 9.17) is 4.52 Å². The lowest BCUT2D eigenvalue weighted by Gasteiger charge is -2.01. The van der Waals surface area contributed by atoms with Crippen molar-refractivity contribution in [2.24, 2.45) is 7.05 Å². The summed E-state index contributed by atoms with van der Waals surface area (Å²) < 4.78 is 34.1. The van der Waals surface area contributed by atoms with E-state index in [1.165, 1.54) is 12.1 Å². The Kier molecular flexibility index (Phi) is 3.67. The van der Waals surface area contributed by atoms with E-state index in [9.17, 15) is 8.78 Å². The lowest BCUT2D eigenvalue weighted by molar-refractivity contribution is 0.378.